The van der Waals surface area contributed by atoms with Gasteiger partial charge < -0.3 is 14.4 Å². The third kappa shape index (κ3) is 4.10. The molecule has 132 valence electrons. The molecule has 3 rings (SSSR count). The van der Waals surface area contributed by atoms with Gasteiger partial charge in [-0.25, -0.2) is 4.79 Å². The number of rotatable bonds is 5. The number of hydrogen-bond donors (Lipinski definition) is 1. The highest BCUT2D eigenvalue weighted by molar-refractivity contribution is 5.89. The molecule has 1 aliphatic heterocycles. The highest BCUT2D eigenvalue weighted by Crippen LogP contribution is 2.31. The summed E-state index contributed by atoms with van der Waals surface area (Å²) in [5, 5.41) is 9.28. The maximum Gasteiger partial charge on any atom is 0.335 e. The molecular formula is C20H23NO4. The van der Waals surface area contributed by atoms with Crippen LogP contribution in [0, 0.1) is 0 Å². The summed E-state index contributed by atoms with van der Waals surface area (Å²) < 4.78 is 5.55. The molecule has 1 aromatic heterocycles. The third-order valence-electron chi connectivity index (χ3n) is 4.80. The second kappa shape index (κ2) is 8.01. The number of carbonyl (C=O) groups excluding carboxylic acids is 1. The van der Waals surface area contributed by atoms with Crippen LogP contribution in [0.5, 0.6) is 0 Å². The van der Waals surface area contributed by atoms with E-state index >= 15 is 0 Å². The lowest BCUT2D eigenvalue weighted by Crippen LogP contribution is -2.34. The summed E-state index contributed by atoms with van der Waals surface area (Å²) >= 11 is 0. The van der Waals surface area contributed by atoms with Crippen molar-refractivity contribution in [2.75, 3.05) is 6.54 Å². The first-order valence-corrected chi connectivity index (χ1v) is 8.81. The van der Waals surface area contributed by atoms with Crippen LogP contribution in [0.2, 0.25) is 0 Å². The first-order chi connectivity index (χ1) is 12.2. The van der Waals surface area contributed by atoms with Crippen LogP contribution in [0.4, 0.5) is 0 Å². The quantitative estimate of drug-likeness (QED) is 0.890. The van der Waals surface area contributed by atoms with Crippen LogP contribution in [-0.2, 0) is 11.2 Å². The summed E-state index contributed by atoms with van der Waals surface area (Å²) in [5.74, 6) is -0.0593. The molecule has 1 aromatic carbocycles. The summed E-state index contributed by atoms with van der Waals surface area (Å²) in [4.78, 5) is 26.1. The molecule has 0 unspecified atom stereocenters. The lowest BCUT2D eigenvalue weighted by molar-refractivity contribution is -0.134. The van der Waals surface area contributed by atoms with Gasteiger partial charge in [0, 0.05) is 13.0 Å². The number of hydrogen-bond acceptors (Lipinski definition) is 3. The van der Waals surface area contributed by atoms with Crippen molar-refractivity contribution in [1.29, 1.82) is 0 Å². The smallest absolute Gasteiger partial charge is 0.335 e. The Morgan fingerprint density at radius 1 is 1.12 bits per heavy atom. The molecular weight excluding hydrogens is 318 g/mol. The molecule has 1 amide bonds. The minimum absolute atomic E-state index is 0.0142. The highest BCUT2D eigenvalue weighted by atomic mass is 16.4. The standard InChI is InChI=1S/C20H23NO4/c22-19(12-11-15-7-3-4-8-16(15)20(23)24)21-13-5-1-2-9-17(21)18-10-6-14-25-18/h3-4,6-8,10,14,17H,1-2,5,9,11-13H2,(H,23,24)/t17-/m0/s1. The molecule has 0 bridgehead atoms. The van der Waals surface area contributed by atoms with Gasteiger partial charge in [0.15, 0.2) is 0 Å². The van der Waals surface area contributed by atoms with E-state index < -0.39 is 5.97 Å². The van der Waals surface area contributed by atoms with Gasteiger partial charge in [0.2, 0.25) is 5.91 Å². The summed E-state index contributed by atoms with van der Waals surface area (Å²) in [6.45, 7) is 0.727. The lowest BCUT2D eigenvalue weighted by Gasteiger charge is -2.29. The van der Waals surface area contributed by atoms with E-state index in [2.05, 4.69) is 0 Å². The Bertz CT molecular complexity index is 723. The van der Waals surface area contributed by atoms with Gasteiger partial charge >= 0.3 is 5.97 Å². The predicted molar refractivity (Wildman–Crippen MR) is 93.4 cm³/mol. The monoisotopic (exact) mass is 341 g/mol. The number of carbonyl (C=O) groups is 2. The Morgan fingerprint density at radius 3 is 2.72 bits per heavy atom. The zero-order valence-corrected chi connectivity index (χ0v) is 14.2. The molecule has 0 saturated carbocycles. The second-order valence-electron chi connectivity index (χ2n) is 6.43. The van der Waals surface area contributed by atoms with Crippen molar-refractivity contribution < 1.29 is 19.1 Å². The molecule has 5 nitrogen and oxygen atoms in total. The minimum atomic E-state index is -0.953. The molecule has 0 radical (unpaired) electrons. The first-order valence-electron chi connectivity index (χ1n) is 8.81. The Kier molecular flexibility index (Phi) is 5.53. The van der Waals surface area contributed by atoms with E-state index in [0.717, 1.165) is 38.0 Å². The molecule has 1 atom stereocenters. The van der Waals surface area contributed by atoms with Crippen molar-refractivity contribution in [3.8, 4) is 0 Å². The van der Waals surface area contributed by atoms with Crippen LogP contribution >= 0.6 is 0 Å². The Labute approximate surface area is 147 Å². The molecule has 1 fully saturated rings. The van der Waals surface area contributed by atoms with E-state index in [1.54, 1.807) is 24.5 Å². The number of aryl methyl sites for hydroxylation is 1. The summed E-state index contributed by atoms with van der Waals surface area (Å²) in [6, 6.07) is 10.6. The van der Waals surface area contributed by atoms with Gasteiger partial charge in [-0.1, -0.05) is 31.0 Å². The van der Waals surface area contributed by atoms with Crippen LogP contribution < -0.4 is 0 Å². The van der Waals surface area contributed by atoms with Gasteiger partial charge in [0.05, 0.1) is 17.9 Å². The molecule has 25 heavy (non-hydrogen) atoms. The van der Waals surface area contributed by atoms with Gasteiger partial charge in [0.25, 0.3) is 0 Å². The zero-order chi connectivity index (χ0) is 17.6. The maximum atomic E-state index is 12.8. The van der Waals surface area contributed by atoms with Crippen molar-refractivity contribution in [1.82, 2.24) is 4.90 Å². The number of amides is 1. The van der Waals surface area contributed by atoms with Crippen molar-refractivity contribution >= 4 is 11.9 Å². The van der Waals surface area contributed by atoms with E-state index in [-0.39, 0.29) is 17.5 Å². The second-order valence-corrected chi connectivity index (χ2v) is 6.43. The lowest BCUT2D eigenvalue weighted by atomic mass is 10.0. The number of nitrogens with zero attached hydrogens (tertiary/aromatic N) is 1. The minimum Gasteiger partial charge on any atom is -0.478 e. The summed E-state index contributed by atoms with van der Waals surface area (Å²) in [6.07, 6.45) is 6.48. The highest BCUT2D eigenvalue weighted by Gasteiger charge is 2.28. The van der Waals surface area contributed by atoms with E-state index in [0.29, 0.717) is 18.4 Å². The number of carboxylic acid groups (broad SMARTS) is 1. The van der Waals surface area contributed by atoms with E-state index in [9.17, 15) is 14.7 Å². The van der Waals surface area contributed by atoms with Crippen LogP contribution in [0.1, 0.15) is 59.8 Å². The number of aromatic carboxylic acids is 1. The average molecular weight is 341 g/mol. The van der Waals surface area contributed by atoms with E-state index in [1.165, 1.54) is 0 Å². The molecule has 1 aliphatic rings. The van der Waals surface area contributed by atoms with Gasteiger partial charge in [-0.3, -0.25) is 4.79 Å². The Hall–Kier alpha value is -2.56. The van der Waals surface area contributed by atoms with E-state index in [1.807, 2.05) is 23.1 Å². The van der Waals surface area contributed by atoms with Crippen molar-refractivity contribution in [2.45, 2.75) is 44.6 Å². The van der Waals surface area contributed by atoms with Gasteiger partial charge in [-0.05, 0) is 43.0 Å². The molecule has 2 aromatic rings. The molecule has 2 heterocycles. The SMILES string of the molecule is O=C(O)c1ccccc1CCC(=O)N1CCCCC[C@H]1c1ccco1. The average Bonchev–Trinajstić information content (AvgIpc) is 3.04. The molecule has 5 heteroatoms. The Balaban J connectivity index is 1.72. The molecule has 0 aliphatic carbocycles. The fraction of sp³-hybridized carbons (Fsp3) is 0.400. The number of furan rings is 1. The maximum absolute atomic E-state index is 12.8. The topological polar surface area (TPSA) is 70.8 Å². The van der Waals surface area contributed by atoms with E-state index in [4.69, 9.17) is 4.42 Å². The molecule has 1 saturated heterocycles. The fourth-order valence-corrected chi connectivity index (χ4v) is 3.52. The fourth-order valence-electron chi connectivity index (χ4n) is 3.52. The summed E-state index contributed by atoms with van der Waals surface area (Å²) in [5.41, 5.74) is 0.974. The van der Waals surface area contributed by atoms with Gasteiger partial charge in [0.1, 0.15) is 5.76 Å². The Morgan fingerprint density at radius 2 is 1.96 bits per heavy atom. The number of benzene rings is 1. The van der Waals surface area contributed by atoms with Crippen molar-refractivity contribution in [2.24, 2.45) is 0 Å². The largest absolute Gasteiger partial charge is 0.478 e. The van der Waals surface area contributed by atoms with Gasteiger partial charge in [-0.15, -0.1) is 0 Å². The van der Waals surface area contributed by atoms with Crippen LogP contribution in [-0.4, -0.2) is 28.4 Å². The number of carboxylic acids is 1. The molecule has 1 N–H and O–H groups in total. The number of likely N-dealkylation sites (tertiary alicyclic amines) is 1. The van der Waals surface area contributed by atoms with Crippen LogP contribution in [0.25, 0.3) is 0 Å². The first kappa shape index (κ1) is 17.3. The summed E-state index contributed by atoms with van der Waals surface area (Å²) in [7, 11) is 0. The zero-order valence-electron chi connectivity index (χ0n) is 14.2. The predicted octanol–water partition coefficient (Wildman–Crippen LogP) is 4.05. The van der Waals surface area contributed by atoms with Crippen LogP contribution in [0.15, 0.2) is 47.1 Å². The van der Waals surface area contributed by atoms with Gasteiger partial charge in [-0.2, -0.15) is 0 Å². The van der Waals surface area contributed by atoms with Crippen LogP contribution in [0.3, 0.4) is 0 Å². The normalized spacial score (nSPS) is 17.9. The van der Waals surface area contributed by atoms with Crippen molar-refractivity contribution in [3.05, 3.63) is 59.5 Å². The molecule has 0 spiro atoms. The third-order valence-corrected chi connectivity index (χ3v) is 4.80. The van der Waals surface area contributed by atoms with Crippen molar-refractivity contribution in [3.63, 3.8) is 0 Å².